The molecule has 1 aromatic carbocycles. The highest BCUT2D eigenvalue weighted by atomic mass is 32.1. The number of hydrogen-bond donors (Lipinski definition) is 2. The fourth-order valence-corrected chi connectivity index (χ4v) is 4.78. The highest BCUT2D eigenvalue weighted by Gasteiger charge is 2.12. The van der Waals surface area contributed by atoms with Crippen LogP contribution in [0.2, 0.25) is 0 Å². The van der Waals surface area contributed by atoms with Crippen LogP contribution in [0.25, 0.3) is 21.7 Å². The Morgan fingerprint density at radius 1 is 1.19 bits per heavy atom. The number of fused-ring (bicyclic) bond motifs is 1. The Kier molecular flexibility index (Phi) is 6.28. The molecule has 0 unspecified atom stereocenters. The SMILES string of the molecule is CC(=O)NCc1ccc(-c2csc(NC(=O)CCCn3c(=O)oc4ccccc43)n2)s1. The van der Waals surface area contributed by atoms with Gasteiger partial charge >= 0.3 is 5.76 Å². The minimum atomic E-state index is -0.417. The third-order valence-corrected chi connectivity index (χ3v) is 6.40. The lowest BCUT2D eigenvalue weighted by atomic mass is 10.3. The van der Waals surface area contributed by atoms with Gasteiger partial charge in [-0.05, 0) is 30.7 Å². The molecule has 0 spiro atoms. The monoisotopic (exact) mass is 456 g/mol. The summed E-state index contributed by atoms with van der Waals surface area (Å²) in [5, 5.41) is 8.01. The van der Waals surface area contributed by atoms with Gasteiger partial charge < -0.3 is 15.1 Å². The number of aryl methyl sites for hydroxylation is 1. The highest BCUT2D eigenvalue weighted by Crippen LogP contribution is 2.30. The topological polar surface area (TPSA) is 106 Å². The molecular weight excluding hydrogens is 436 g/mol. The van der Waals surface area contributed by atoms with Crippen molar-refractivity contribution in [1.82, 2.24) is 14.9 Å². The van der Waals surface area contributed by atoms with Crippen molar-refractivity contribution in [3.05, 3.63) is 57.2 Å². The van der Waals surface area contributed by atoms with Crippen LogP contribution in [0.3, 0.4) is 0 Å². The van der Waals surface area contributed by atoms with Gasteiger partial charge in [-0.25, -0.2) is 9.78 Å². The van der Waals surface area contributed by atoms with E-state index in [0.717, 1.165) is 21.0 Å². The number of anilines is 1. The largest absolute Gasteiger partial charge is 0.419 e. The van der Waals surface area contributed by atoms with E-state index in [1.54, 1.807) is 22.0 Å². The first kappa shape index (κ1) is 21.0. The number of thiazole rings is 1. The van der Waals surface area contributed by atoms with E-state index >= 15 is 0 Å². The molecule has 0 fully saturated rings. The summed E-state index contributed by atoms with van der Waals surface area (Å²) in [5.74, 6) is -0.640. The third kappa shape index (κ3) is 5.09. The summed E-state index contributed by atoms with van der Waals surface area (Å²) in [5.41, 5.74) is 2.06. The van der Waals surface area contributed by atoms with E-state index in [9.17, 15) is 14.4 Å². The number of hydrogen-bond acceptors (Lipinski definition) is 7. The van der Waals surface area contributed by atoms with E-state index < -0.39 is 5.76 Å². The molecule has 0 saturated heterocycles. The van der Waals surface area contributed by atoms with Gasteiger partial charge in [-0.2, -0.15) is 0 Å². The first-order valence-electron chi connectivity index (χ1n) is 9.67. The summed E-state index contributed by atoms with van der Waals surface area (Å²) in [6.07, 6.45) is 0.770. The van der Waals surface area contributed by atoms with Crippen LogP contribution in [0, 0.1) is 0 Å². The van der Waals surface area contributed by atoms with Crippen LogP contribution in [-0.2, 0) is 22.7 Å². The van der Waals surface area contributed by atoms with Crippen molar-refractivity contribution in [2.75, 3.05) is 5.32 Å². The molecule has 0 atom stereocenters. The number of nitrogens with one attached hydrogen (secondary N) is 2. The molecule has 2 amide bonds. The number of rotatable bonds is 8. The first-order valence-corrected chi connectivity index (χ1v) is 11.4. The molecule has 0 aliphatic heterocycles. The molecule has 160 valence electrons. The van der Waals surface area contributed by atoms with Gasteiger partial charge in [0.25, 0.3) is 0 Å². The normalized spacial score (nSPS) is 11.0. The number of oxazole rings is 1. The van der Waals surface area contributed by atoms with Crippen LogP contribution in [-0.4, -0.2) is 21.4 Å². The minimum Gasteiger partial charge on any atom is -0.408 e. The maximum absolute atomic E-state index is 12.3. The molecule has 8 nitrogen and oxygen atoms in total. The maximum Gasteiger partial charge on any atom is 0.419 e. The molecule has 0 aliphatic rings. The van der Waals surface area contributed by atoms with Crippen LogP contribution in [0.15, 0.2) is 51.0 Å². The fourth-order valence-electron chi connectivity index (χ4n) is 3.07. The number of thiophene rings is 1. The molecule has 0 bridgehead atoms. The van der Waals surface area contributed by atoms with Crippen LogP contribution >= 0.6 is 22.7 Å². The summed E-state index contributed by atoms with van der Waals surface area (Å²) in [7, 11) is 0. The highest BCUT2D eigenvalue weighted by molar-refractivity contribution is 7.17. The second kappa shape index (κ2) is 9.27. The zero-order chi connectivity index (χ0) is 21.8. The average molecular weight is 457 g/mol. The lowest BCUT2D eigenvalue weighted by molar-refractivity contribution is -0.119. The van der Waals surface area contributed by atoms with E-state index in [2.05, 4.69) is 15.6 Å². The second-order valence-corrected chi connectivity index (χ2v) is 8.88. The van der Waals surface area contributed by atoms with Gasteiger partial charge in [0.1, 0.15) is 0 Å². The van der Waals surface area contributed by atoms with Crippen LogP contribution in [0.5, 0.6) is 0 Å². The molecule has 0 aliphatic carbocycles. The molecule has 3 aromatic heterocycles. The molecule has 0 radical (unpaired) electrons. The lowest BCUT2D eigenvalue weighted by Crippen LogP contribution is -2.17. The summed E-state index contributed by atoms with van der Waals surface area (Å²) in [6, 6.07) is 11.1. The average Bonchev–Trinajstić information content (AvgIpc) is 3.45. The quantitative estimate of drug-likeness (QED) is 0.419. The number of carbonyl (C=O) groups is 2. The molecular formula is C21H20N4O4S2. The van der Waals surface area contributed by atoms with E-state index in [-0.39, 0.29) is 18.2 Å². The van der Waals surface area contributed by atoms with Gasteiger partial charge in [0.05, 0.1) is 22.6 Å². The van der Waals surface area contributed by atoms with E-state index in [1.807, 2.05) is 35.7 Å². The summed E-state index contributed by atoms with van der Waals surface area (Å²) in [4.78, 5) is 41.8. The van der Waals surface area contributed by atoms with E-state index in [4.69, 9.17) is 4.42 Å². The number of amides is 2. The summed E-state index contributed by atoms with van der Waals surface area (Å²) >= 11 is 2.91. The van der Waals surface area contributed by atoms with Gasteiger partial charge in [0, 0.05) is 30.1 Å². The molecule has 10 heteroatoms. The molecule has 31 heavy (non-hydrogen) atoms. The molecule has 4 aromatic rings. The standard InChI is InChI=1S/C21H20N4O4S2/c1-13(26)22-11-14-8-9-18(31-14)15-12-30-20(23-15)24-19(27)7-4-10-25-16-5-2-3-6-17(16)29-21(25)28/h2-3,5-6,8-9,12H,4,7,10-11H2,1H3,(H,22,26)(H,23,24,27). The van der Waals surface area contributed by atoms with Crippen LogP contribution < -0.4 is 16.4 Å². The van der Waals surface area contributed by atoms with Gasteiger partial charge in [-0.3, -0.25) is 14.2 Å². The molecule has 3 heterocycles. The van der Waals surface area contributed by atoms with Gasteiger partial charge in [-0.1, -0.05) is 12.1 Å². The number of benzene rings is 1. The summed E-state index contributed by atoms with van der Waals surface area (Å²) < 4.78 is 6.75. The Morgan fingerprint density at radius 3 is 2.87 bits per heavy atom. The number of aromatic nitrogens is 2. The Bertz CT molecular complexity index is 1280. The summed E-state index contributed by atoms with van der Waals surface area (Å²) in [6.45, 7) is 2.38. The number of carbonyl (C=O) groups excluding carboxylic acids is 2. The van der Waals surface area contributed by atoms with Crippen LogP contribution in [0.1, 0.15) is 24.6 Å². The predicted molar refractivity (Wildman–Crippen MR) is 121 cm³/mol. The maximum atomic E-state index is 12.3. The van der Waals surface area contributed by atoms with Crippen molar-refractivity contribution in [3.63, 3.8) is 0 Å². The van der Waals surface area contributed by atoms with Gasteiger partial charge in [0.15, 0.2) is 10.7 Å². The Balaban J connectivity index is 1.30. The third-order valence-electron chi connectivity index (χ3n) is 4.54. The van der Waals surface area contributed by atoms with Crippen molar-refractivity contribution >= 4 is 50.7 Å². The molecule has 4 rings (SSSR count). The number of nitrogens with zero attached hydrogens (tertiary/aromatic N) is 2. The Hall–Kier alpha value is -3.24. The van der Waals surface area contributed by atoms with Crippen molar-refractivity contribution in [2.45, 2.75) is 32.9 Å². The zero-order valence-corrected chi connectivity index (χ0v) is 18.3. The Morgan fingerprint density at radius 2 is 2.03 bits per heavy atom. The van der Waals surface area contributed by atoms with Crippen molar-refractivity contribution in [2.24, 2.45) is 0 Å². The van der Waals surface area contributed by atoms with Crippen molar-refractivity contribution in [3.8, 4) is 10.6 Å². The fraction of sp³-hybridized carbons (Fsp3) is 0.238. The molecule has 2 N–H and O–H groups in total. The lowest BCUT2D eigenvalue weighted by Gasteiger charge is -2.03. The number of para-hydroxylation sites is 2. The van der Waals surface area contributed by atoms with Gasteiger partial charge in [0.2, 0.25) is 11.8 Å². The van der Waals surface area contributed by atoms with E-state index in [1.165, 1.54) is 18.3 Å². The Labute approximate surface area is 185 Å². The second-order valence-electron chi connectivity index (χ2n) is 6.85. The van der Waals surface area contributed by atoms with Gasteiger partial charge in [-0.15, -0.1) is 22.7 Å². The zero-order valence-electron chi connectivity index (χ0n) is 16.7. The molecule has 0 saturated carbocycles. The van der Waals surface area contributed by atoms with Crippen molar-refractivity contribution < 1.29 is 14.0 Å². The van der Waals surface area contributed by atoms with Crippen LogP contribution in [0.4, 0.5) is 5.13 Å². The van der Waals surface area contributed by atoms with Crippen molar-refractivity contribution in [1.29, 1.82) is 0 Å². The first-order chi connectivity index (χ1) is 15.0. The predicted octanol–water partition coefficient (Wildman–Crippen LogP) is 3.83. The minimum absolute atomic E-state index is 0.0700. The van der Waals surface area contributed by atoms with E-state index in [0.29, 0.717) is 30.2 Å². The smallest absolute Gasteiger partial charge is 0.408 e.